The molecule has 6 heteroatoms. The average molecular weight is 390 g/mol. The van der Waals surface area contributed by atoms with Crippen molar-refractivity contribution in [1.29, 1.82) is 0 Å². The van der Waals surface area contributed by atoms with Gasteiger partial charge in [0, 0.05) is 12.1 Å². The van der Waals surface area contributed by atoms with Crippen molar-refractivity contribution < 1.29 is 9.59 Å². The number of carbonyl (C=O) groups is 2. The second-order valence-electron chi connectivity index (χ2n) is 8.10. The van der Waals surface area contributed by atoms with Crippen LogP contribution in [0.5, 0.6) is 0 Å². The molecule has 150 valence electrons. The Balaban J connectivity index is 1.53. The van der Waals surface area contributed by atoms with Crippen LogP contribution in [0.4, 0.5) is 0 Å². The molecular weight excluding hydrogens is 364 g/mol. The van der Waals surface area contributed by atoms with Gasteiger partial charge in [-0.05, 0) is 43.0 Å². The first-order valence-corrected chi connectivity index (χ1v) is 10.1. The fourth-order valence-corrected chi connectivity index (χ4v) is 3.87. The number of carbonyl (C=O) groups excluding carboxylic acids is 2. The van der Waals surface area contributed by atoms with Crippen molar-refractivity contribution in [3.05, 3.63) is 65.5 Å². The standard InChI is InChI=1S/C23H26N4O2/c1-14(2)12-20(21-24-18-10-6-7-11-19(18)25-21)26-22(28)15(3)27-13-16-8-4-5-9-17(16)23(27)29/h4-11,14-15,20H,12-13H2,1-3H3,(H,24,25)(H,26,28)/t15-,20-/m1/s1. The first-order chi connectivity index (χ1) is 13.9. The molecule has 0 radical (unpaired) electrons. The van der Waals surface area contributed by atoms with Crippen molar-refractivity contribution in [1.82, 2.24) is 20.2 Å². The molecule has 2 heterocycles. The van der Waals surface area contributed by atoms with Crippen molar-refractivity contribution in [3.8, 4) is 0 Å². The monoisotopic (exact) mass is 390 g/mol. The molecule has 3 aromatic rings. The Morgan fingerprint density at radius 1 is 1.14 bits per heavy atom. The summed E-state index contributed by atoms with van der Waals surface area (Å²) < 4.78 is 0. The van der Waals surface area contributed by atoms with Crippen molar-refractivity contribution in [3.63, 3.8) is 0 Å². The highest BCUT2D eigenvalue weighted by atomic mass is 16.2. The number of hydrogen-bond acceptors (Lipinski definition) is 3. The Morgan fingerprint density at radius 2 is 1.86 bits per heavy atom. The zero-order valence-corrected chi connectivity index (χ0v) is 17.0. The van der Waals surface area contributed by atoms with E-state index in [1.807, 2.05) is 48.5 Å². The van der Waals surface area contributed by atoms with Gasteiger partial charge in [0.2, 0.25) is 5.91 Å². The number of aromatic amines is 1. The average Bonchev–Trinajstić information content (AvgIpc) is 3.28. The Morgan fingerprint density at radius 3 is 2.59 bits per heavy atom. The van der Waals surface area contributed by atoms with E-state index in [1.54, 1.807) is 11.8 Å². The van der Waals surface area contributed by atoms with E-state index in [1.165, 1.54) is 0 Å². The lowest BCUT2D eigenvalue weighted by Gasteiger charge is -2.26. The number of nitrogens with one attached hydrogen (secondary N) is 2. The van der Waals surface area contributed by atoms with E-state index < -0.39 is 6.04 Å². The lowest BCUT2D eigenvalue weighted by Crippen LogP contribution is -2.46. The number of imidazole rings is 1. The van der Waals surface area contributed by atoms with Gasteiger partial charge >= 0.3 is 0 Å². The van der Waals surface area contributed by atoms with E-state index in [2.05, 4.69) is 29.1 Å². The molecule has 2 aromatic carbocycles. The SMILES string of the molecule is CC(C)C[C@@H](NC(=O)[C@@H](C)N1Cc2ccccc2C1=O)c1nc2ccccc2[nH]1. The van der Waals surface area contributed by atoms with Crippen LogP contribution < -0.4 is 5.32 Å². The van der Waals surface area contributed by atoms with Gasteiger partial charge in [0.1, 0.15) is 11.9 Å². The summed E-state index contributed by atoms with van der Waals surface area (Å²) in [6.07, 6.45) is 0.756. The summed E-state index contributed by atoms with van der Waals surface area (Å²) in [4.78, 5) is 35.4. The minimum atomic E-state index is -0.561. The molecule has 29 heavy (non-hydrogen) atoms. The summed E-state index contributed by atoms with van der Waals surface area (Å²) in [7, 11) is 0. The summed E-state index contributed by atoms with van der Waals surface area (Å²) in [5.74, 6) is 0.864. The van der Waals surface area contributed by atoms with Gasteiger partial charge in [0.25, 0.3) is 5.91 Å². The zero-order valence-electron chi connectivity index (χ0n) is 17.0. The van der Waals surface area contributed by atoms with Gasteiger partial charge in [-0.15, -0.1) is 0 Å². The molecular formula is C23H26N4O2. The summed E-state index contributed by atoms with van der Waals surface area (Å²) in [6, 6.07) is 14.6. The smallest absolute Gasteiger partial charge is 0.255 e. The minimum Gasteiger partial charge on any atom is -0.344 e. The molecule has 1 aliphatic heterocycles. The van der Waals surface area contributed by atoms with Gasteiger partial charge in [0.05, 0.1) is 17.1 Å². The van der Waals surface area contributed by atoms with Crippen LogP contribution in [-0.4, -0.2) is 32.7 Å². The van der Waals surface area contributed by atoms with E-state index in [0.29, 0.717) is 18.0 Å². The van der Waals surface area contributed by atoms with Gasteiger partial charge in [-0.1, -0.05) is 44.2 Å². The first-order valence-electron chi connectivity index (χ1n) is 10.1. The van der Waals surface area contributed by atoms with Crippen LogP contribution in [0, 0.1) is 5.92 Å². The van der Waals surface area contributed by atoms with Crippen LogP contribution in [0.2, 0.25) is 0 Å². The molecule has 2 atom stereocenters. The first kappa shape index (κ1) is 19.2. The molecule has 2 N–H and O–H groups in total. The van der Waals surface area contributed by atoms with Crippen molar-refractivity contribution in [2.45, 2.75) is 45.8 Å². The number of nitrogens with zero attached hydrogens (tertiary/aromatic N) is 2. The second-order valence-corrected chi connectivity index (χ2v) is 8.10. The van der Waals surface area contributed by atoms with Crippen LogP contribution in [0.25, 0.3) is 11.0 Å². The van der Waals surface area contributed by atoms with Gasteiger partial charge in [-0.2, -0.15) is 0 Å². The summed E-state index contributed by atoms with van der Waals surface area (Å²) in [6.45, 7) is 6.48. The third-order valence-electron chi connectivity index (χ3n) is 5.46. The normalized spacial score (nSPS) is 15.6. The Labute approximate surface area is 170 Å². The number of hydrogen-bond donors (Lipinski definition) is 2. The largest absolute Gasteiger partial charge is 0.344 e. The number of benzene rings is 2. The predicted octanol–water partition coefficient (Wildman–Crippen LogP) is 3.81. The van der Waals surface area contributed by atoms with Crippen LogP contribution in [0.15, 0.2) is 48.5 Å². The lowest BCUT2D eigenvalue weighted by molar-refractivity contribution is -0.126. The van der Waals surface area contributed by atoms with Crippen LogP contribution in [0.1, 0.15) is 55.0 Å². The Hall–Kier alpha value is -3.15. The maximum absolute atomic E-state index is 13.1. The van der Waals surface area contributed by atoms with E-state index in [0.717, 1.165) is 28.8 Å². The predicted molar refractivity (Wildman–Crippen MR) is 112 cm³/mol. The van der Waals surface area contributed by atoms with Gasteiger partial charge in [0.15, 0.2) is 0 Å². The van der Waals surface area contributed by atoms with Gasteiger partial charge < -0.3 is 15.2 Å². The minimum absolute atomic E-state index is 0.0904. The van der Waals surface area contributed by atoms with E-state index in [-0.39, 0.29) is 17.9 Å². The van der Waals surface area contributed by atoms with Crippen LogP contribution >= 0.6 is 0 Å². The third kappa shape index (κ3) is 3.75. The molecule has 0 saturated heterocycles. The number of fused-ring (bicyclic) bond motifs is 2. The molecule has 4 rings (SSSR count). The summed E-state index contributed by atoms with van der Waals surface area (Å²) >= 11 is 0. The summed E-state index contributed by atoms with van der Waals surface area (Å²) in [5, 5.41) is 3.12. The highest BCUT2D eigenvalue weighted by Gasteiger charge is 2.34. The van der Waals surface area contributed by atoms with E-state index in [4.69, 9.17) is 0 Å². The fraction of sp³-hybridized carbons (Fsp3) is 0.348. The van der Waals surface area contributed by atoms with Gasteiger partial charge in [-0.25, -0.2) is 4.98 Å². The Kier molecular flexibility index (Phi) is 5.09. The molecule has 1 aliphatic rings. The quantitative estimate of drug-likeness (QED) is 0.672. The molecule has 0 saturated carbocycles. The van der Waals surface area contributed by atoms with E-state index >= 15 is 0 Å². The topological polar surface area (TPSA) is 78.1 Å². The van der Waals surface area contributed by atoms with E-state index in [9.17, 15) is 9.59 Å². The molecule has 0 bridgehead atoms. The van der Waals surface area contributed by atoms with Crippen molar-refractivity contribution in [2.24, 2.45) is 5.92 Å². The van der Waals surface area contributed by atoms with Gasteiger partial charge in [-0.3, -0.25) is 9.59 Å². The molecule has 1 aromatic heterocycles. The number of amides is 2. The molecule has 0 spiro atoms. The molecule has 0 unspecified atom stereocenters. The molecule has 0 aliphatic carbocycles. The maximum atomic E-state index is 13.1. The van der Waals surface area contributed by atoms with Crippen molar-refractivity contribution in [2.75, 3.05) is 0 Å². The number of H-pyrrole nitrogens is 1. The second kappa shape index (κ2) is 7.70. The highest BCUT2D eigenvalue weighted by molar-refractivity contribution is 6.01. The molecule has 6 nitrogen and oxygen atoms in total. The number of rotatable bonds is 6. The third-order valence-corrected chi connectivity index (χ3v) is 5.46. The van der Waals surface area contributed by atoms with Crippen LogP contribution in [-0.2, 0) is 11.3 Å². The lowest BCUT2D eigenvalue weighted by atomic mass is 10.0. The Bertz CT molecular complexity index is 1020. The molecule has 2 amide bonds. The van der Waals surface area contributed by atoms with Crippen molar-refractivity contribution >= 4 is 22.8 Å². The fourth-order valence-electron chi connectivity index (χ4n) is 3.87. The number of aromatic nitrogens is 2. The maximum Gasteiger partial charge on any atom is 0.255 e. The highest BCUT2D eigenvalue weighted by Crippen LogP contribution is 2.26. The molecule has 0 fully saturated rings. The summed E-state index contributed by atoms with van der Waals surface area (Å²) in [5.41, 5.74) is 3.48. The zero-order chi connectivity index (χ0) is 20.5. The van der Waals surface area contributed by atoms with Crippen LogP contribution in [0.3, 0.4) is 0 Å². The number of para-hydroxylation sites is 2.